The zero-order valence-corrected chi connectivity index (χ0v) is 14.0. The Bertz CT molecular complexity index is 739. The smallest absolute Gasteiger partial charge is 0.253 e. The van der Waals surface area contributed by atoms with E-state index in [1.807, 2.05) is 35.2 Å². The Morgan fingerprint density at radius 1 is 1.04 bits per heavy atom. The first-order valence-corrected chi connectivity index (χ1v) is 8.66. The summed E-state index contributed by atoms with van der Waals surface area (Å²) >= 11 is 0. The maximum Gasteiger partial charge on any atom is 0.253 e. The van der Waals surface area contributed by atoms with E-state index in [4.69, 9.17) is 14.2 Å². The standard InChI is InChI=1S/C20H21NO4/c22-20(16-6-7-18-19(12-16)25-14-24-18)21-10-8-15(9-11-21)13-23-17-4-2-1-3-5-17/h1-7,12,15H,8-11,13-14H2. The van der Waals surface area contributed by atoms with Crippen LogP contribution >= 0.6 is 0 Å². The van der Waals surface area contributed by atoms with Gasteiger partial charge in [0.15, 0.2) is 11.5 Å². The summed E-state index contributed by atoms with van der Waals surface area (Å²) < 4.78 is 16.5. The molecule has 0 unspecified atom stereocenters. The lowest BCUT2D eigenvalue weighted by Gasteiger charge is -2.32. The summed E-state index contributed by atoms with van der Waals surface area (Å²) in [6.45, 7) is 2.45. The molecule has 0 saturated carbocycles. The molecule has 0 atom stereocenters. The van der Waals surface area contributed by atoms with Gasteiger partial charge in [0.1, 0.15) is 5.75 Å². The highest BCUT2D eigenvalue weighted by atomic mass is 16.7. The molecular weight excluding hydrogens is 318 g/mol. The molecule has 1 amide bonds. The second kappa shape index (κ2) is 7.05. The number of benzene rings is 2. The van der Waals surface area contributed by atoms with Gasteiger partial charge in [-0.25, -0.2) is 0 Å². The molecule has 5 heteroatoms. The Balaban J connectivity index is 1.30. The SMILES string of the molecule is O=C(c1ccc2c(c1)OCO2)N1CCC(COc2ccccc2)CC1. The summed E-state index contributed by atoms with van der Waals surface area (Å²) in [6.07, 6.45) is 1.92. The molecule has 130 valence electrons. The lowest BCUT2D eigenvalue weighted by molar-refractivity contribution is 0.0660. The molecule has 0 aliphatic carbocycles. The van der Waals surface area contributed by atoms with Crippen LogP contribution in [0.2, 0.25) is 0 Å². The van der Waals surface area contributed by atoms with Crippen LogP contribution in [0, 0.1) is 5.92 Å². The van der Waals surface area contributed by atoms with Crippen LogP contribution in [-0.4, -0.2) is 37.3 Å². The lowest BCUT2D eigenvalue weighted by atomic mass is 9.97. The molecule has 0 bridgehead atoms. The lowest BCUT2D eigenvalue weighted by Crippen LogP contribution is -2.39. The first kappa shape index (κ1) is 15.8. The number of likely N-dealkylation sites (tertiary alicyclic amines) is 1. The van der Waals surface area contributed by atoms with Gasteiger partial charge in [0.05, 0.1) is 6.61 Å². The fraction of sp³-hybridized carbons (Fsp3) is 0.350. The van der Waals surface area contributed by atoms with Crippen LogP contribution in [0.4, 0.5) is 0 Å². The minimum Gasteiger partial charge on any atom is -0.493 e. The zero-order chi connectivity index (χ0) is 17.1. The summed E-state index contributed by atoms with van der Waals surface area (Å²) in [5.41, 5.74) is 0.656. The largest absolute Gasteiger partial charge is 0.493 e. The third kappa shape index (κ3) is 3.55. The molecule has 1 saturated heterocycles. The van der Waals surface area contributed by atoms with Crippen molar-refractivity contribution in [3.8, 4) is 17.2 Å². The van der Waals surface area contributed by atoms with Crippen LogP contribution in [0.3, 0.4) is 0 Å². The van der Waals surface area contributed by atoms with Crippen molar-refractivity contribution in [3.05, 3.63) is 54.1 Å². The van der Waals surface area contributed by atoms with Crippen molar-refractivity contribution in [2.75, 3.05) is 26.5 Å². The zero-order valence-electron chi connectivity index (χ0n) is 14.0. The molecule has 1 fully saturated rings. The van der Waals surface area contributed by atoms with E-state index in [1.54, 1.807) is 18.2 Å². The van der Waals surface area contributed by atoms with Crippen LogP contribution in [0.15, 0.2) is 48.5 Å². The molecule has 2 heterocycles. The van der Waals surface area contributed by atoms with Crippen molar-refractivity contribution in [2.45, 2.75) is 12.8 Å². The van der Waals surface area contributed by atoms with E-state index >= 15 is 0 Å². The van der Waals surface area contributed by atoms with Gasteiger partial charge >= 0.3 is 0 Å². The molecule has 5 nitrogen and oxygen atoms in total. The Morgan fingerprint density at radius 2 is 1.80 bits per heavy atom. The highest BCUT2D eigenvalue weighted by molar-refractivity contribution is 5.95. The Hall–Kier alpha value is -2.69. The Labute approximate surface area is 147 Å². The quantitative estimate of drug-likeness (QED) is 0.857. The van der Waals surface area contributed by atoms with E-state index in [0.29, 0.717) is 29.6 Å². The van der Waals surface area contributed by atoms with E-state index < -0.39 is 0 Å². The number of ether oxygens (including phenoxy) is 3. The molecular formula is C20H21NO4. The van der Waals surface area contributed by atoms with Gasteiger partial charge in [0, 0.05) is 18.7 Å². The maximum absolute atomic E-state index is 12.7. The molecule has 25 heavy (non-hydrogen) atoms. The number of para-hydroxylation sites is 1. The van der Waals surface area contributed by atoms with Crippen molar-refractivity contribution in [2.24, 2.45) is 5.92 Å². The monoisotopic (exact) mass is 339 g/mol. The molecule has 2 aliphatic rings. The molecule has 2 aromatic carbocycles. The van der Waals surface area contributed by atoms with Gasteiger partial charge in [-0.05, 0) is 49.1 Å². The molecule has 2 aromatic rings. The predicted octanol–water partition coefficient (Wildman–Crippen LogP) is 3.35. The van der Waals surface area contributed by atoms with Crippen LogP contribution in [0.25, 0.3) is 0 Å². The van der Waals surface area contributed by atoms with Gasteiger partial charge < -0.3 is 19.1 Å². The van der Waals surface area contributed by atoms with Crippen LogP contribution < -0.4 is 14.2 Å². The fourth-order valence-corrected chi connectivity index (χ4v) is 3.25. The topological polar surface area (TPSA) is 48.0 Å². The van der Waals surface area contributed by atoms with E-state index in [2.05, 4.69) is 0 Å². The number of piperidine rings is 1. The fourth-order valence-electron chi connectivity index (χ4n) is 3.25. The van der Waals surface area contributed by atoms with Gasteiger partial charge in [0.2, 0.25) is 6.79 Å². The van der Waals surface area contributed by atoms with E-state index in [9.17, 15) is 4.79 Å². The van der Waals surface area contributed by atoms with E-state index in [0.717, 1.165) is 31.7 Å². The summed E-state index contributed by atoms with van der Waals surface area (Å²) in [6, 6.07) is 15.2. The minimum absolute atomic E-state index is 0.0562. The van der Waals surface area contributed by atoms with Crippen molar-refractivity contribution in [3.63, 3.8) is 0 Å². The number of hydrogen-bond acceptors (Lipinski definition) is 4. The summed E-state index contributed by atoms with van der Waals surface area (Å²) in [5, 5.41) is 0. The van der Waals surface area contributed by atoms with Gasteiger partial charge in [-0.15, -0.1) is 0 Å². The number of amides is 1. The summed E-state index contributed by atoms with van der Waals surface area (Å²) in [7, 11) is 0. The molecule has 0 N–H and O–H groups in total. The highest BCUT2D eigenvalue weighted by Crippen LogP contribution is 2.33. The number of carbonyl (C=O) groups is 1. The third-order valence-corrected chi connectivity index (χ3v) is 4.75. The van der Waals surface area contributed by atoms with Gasteiger partial charge in [-0.1, -0.05) is 18.2 Å². The van der Waals surface area contributed by atoms with Crippen molar-refractivity contribution in [1.29, 1.82) is 0 Å². The normalized spacial score (nSPS) is 16.7. The second-order valence-electron chi connectivity index (χ2n) is 6.43. The Morgan fingerprint density at radius 3 is 2.60 bits per heavy atom. The third-order valence-electron chi connectivity index (χ3n) is 4.75. The predicted molar refractivity (Wildman–Crippen MR) is 93.1 cm³/mol. The number of rotatable bonds is 4. The van der Waals surface area contributed by atoms with Crippen LogP contribution in [-0.2, 0) is 0 Å². The van der Waals surface area contributed by atoms with Crippen molar-refractivity contribution >= 4 is 5.91 Å². The van der Waals surface area contributed by atoms with Crippen molar-refractivity contribution < 1.29 is 19.0 Å². The molecule has 0 spiro atoms. The van der Waals surface area contributed by atoms with Crippen molar-refractivity contribution in [1.82, 2.24) is 4.90 Å². The summed E-state index contributed by atoms with van der Waals surface area (Å²) in [5.74, 6) is 2.80. The van der Waals surface area contributed by atoms with Gasteiger partial charge in [-0.2, -0.15) is 0 Å². The summed E-state index contributed by atoms with van der Waals surface area (Å²) in [4.78, 5) is 14.6. The first-order chi connectivity index (χ1) is 12.3. The van der Waals surface area contributed by atoms with E-state index in [-0.39, 0.29) is 12.7 Å². The van der Waals surface area contributed by atoms with Crippen LogP contribution in [0.1, 0.15) is 23.2 Å². The first-order valence-electron chi connectivity index (χ1n) is 8.66. The number of nitrogens with zero attached hydrogens (tertiary/aromatic N) is 1. The average molecular weight is 339 g/mol. The van der Waals surface area contributed by atoms with E-state index in [1.165, 1.54) is 0 Å². The number of fused-ring (bicyclic) bond motifs is 1. The molecule has 0 radical (unpaired) electrons. The average Bonchev–Trinajstić information content (AvgIpc) is 3.15. The molecule has 4 rings (SSSR count). The Kier molecular flexibility index (Phi) is 4.46. The highest BCUT2D eigenvalue weighted by Gasteiger charge is 2.25. The van der Waals surface area contributed by atoms with Crippen LogP contribution in [0.5, 0.6) is 17.2 Å². The molecule has 2 aliphatic heterocycles. The maximum atomic E-state index is 12.7. The molecule has 0 aromatic heterocycles. The number of carbonyl (C=O) groups excluding carboxylic acids is 1. The van der Waals surface area contributed by atoms with Gasteiger partial charge in [-0.3, -0.25) is 4.79 Å². The minimum atomic E-state index is 0.0562. The second-order valence-corrected chi connectivity index (χ2v) is 6.43. The number of hydrogen-bond donors (Lipinski definition) is 0. The van der Waals surface area contributed by atoms with Gasteiger partial charge in [0.25, 0.3) is 5.91 Å².